The van der Waals surface area contributed by atoms with E-state index in [1.165, 1.54) is 6.92 Å². The zero-order chi connectivity index (χ0) is 10.4. The molecule has 0 aromatic carbocycles. The number of rotatable bonds is 5. The van der Waals surface area contributed by atoms with E-state index in [1.807, 2.05) is 13.8 Å². The number of aliphatic carboxylic acids is 1. The Balaban J connectivity index is 3.68. The van der Waals surface area contributed by atoms with Gasteiger partial charge in [0.1, 0.15) is 0 Å². The summed E-state index contributed by atoms with van der Waals surface area (Å²) >= 11 is 0. The minimum atomic E-state index is -0.971. The minimum absolute atomic E-state index is 0.0535. The van der Waals surface area contributed by atoms with Crippen LogP contribution in [0, 0.1) is 11.8 Å². The summed E-state index contributed by atoms with van der Waals surface area (Å²) in [6.45, 7) is 5.69. The highest BCUT2D eigenvalue weighted by molar-refractivity contribution is 5.78. The van der Waals surface area contributed by atoms with Crippen LogP contribution in [0.1, 0.15) is 27.2 Å². The van der Waals surface area contributed by atoms with Gasteiger partial charge in [-0.25, -0.2) is 0 Å². The Hall–Kier alpha value is -1.06. The van der Waals surface area contributed by atoms with Gasteiger partial charge in [-0.2, -0.15) is 0 Å². The van der Waals surface area contributed by atoms with Crippen LogP contribution in [-0.2, 0) is 14.3 Å². The maximum atomic E-state index is 11.0. The lowest BCUT2D eigenvalue weighted by Crippen LogP contribution is -2.18. The van der Waals surface area contributed by atoms with Crippen molar-refractivity contribution < 1.29 is 19.4 Å². The Morgan fingerprint density at radius 1 is 1.31 bits per heavy atom. The molecule has 0 fully saturated rings. The van der Waals surface area contributed by atoms with E-state index >= 15 is 0 Å². The quantitative estimate of drug-likeness (QED) is 0.660. The van der Waals surface area contributed by atoms with Crippen LogP contribution < -0.4 is 0 Å². The van der Waals surface area contributed by atoms with Crippen LogP contribution >= 0.6 is 0 Å². The third-order valence-electron chi connectivity index (χ3n) is 1.47. The Morgan fingerprint density at radius 2 is 1.85 bits per heavy atom. The largest absolute Gasteiger partial charge is 0.481 e. The van der Waals surface area contributed by atoms with Crippen LogP contribution in [0.3, 0.4) is 0 Å². The molecule has 0 aliphatic carbocycles. The molecule has 0 saturated heterocycles. The summed E-state index contributed by atoms with van der Waals surface area (Å²) in [5.74, 6) is -1.80. The molecular weight excluding hydrogens is 172 g/mol. The summed E-state index contributed by atoms with van der Waals surface area (Å²) in [6.07, 6.45) is -0.0535. The van der Waals surface area contributed by atoms with E-state index in [0.717, 1.165) is 0 Å². The molecule has 4 nitrogen and oxygen atoms in total. The van der Waals surface area contributed by atoms with Crippen molar-refractivity contribution in [3.63, 3.8) is 0 Å². The molecule has 0 bridgehead atoms. The van der Waals surface area contributed by atoms with Gasteiger partial charge in [-0.05, 0) is 5.92 Å². The van der Waals surface area contributed by atoms with Crippen molar-refractivity contribution in [3.05, 3.63) is 0 Å². The van der Waals surface area contributed by atoms with Crippen molar-refractivity contribution in [2.45, 2.75) is 27.2 Å². The topological polar surface area (TPSA) is 63.6 Å². The molecule has 0 heterocycles. The summed E-state index contributed by atoms with van der Waals surface area (Å²) in [4.78, 5) is 21.3. The van der Waals surface area contributed by atoms with Crippen LogP contribution in [-0.4, -0.2) is 23.7 Å². The van der Waals surface area contributed by atoms with Crippen molar-refractivity contribution in [1.82, 2.24) is 0 Å². The second-order valence-electron chi connectivity index (χ2n) is 3.52. The number of hydrogen-bond donors (Lipinski definition) is 1. The van der Waals surface area contributed by atoms with E-state index in [9.17, 15) is 9.59 Å². The van der Waals surface area contributed by atoms with Gasteiger partial charge < -0.3 is 9.84 Å². The number of ether oxygens (including phenoxy) is 1. The predicted molar refractivity (Wildman–Crippen MR) is 47.2 cm³/mol. The summed E-state index contributed by atoms with van der Waals surface area (Å²) in [7, 11) is 0. The number of carboxylic acid groups (broad SMARTS) is 1. The average Bonchev–Trinajstić information content (AvgIpc) is 2.00. The van der Waals surface area contributed by atoms with Crippen LogP contribution in [0.2, 0.25) is 0 Å². The zero-order valence-electron chi connectivity index (χ0n) is 8.24. The number of carbonyl (C=O) groups is 2. The molecule has 1 unspecified atom stereocenters. The molecule has 0 aliphatic heterocycles. The SMILES string of the molecule is CC(C)COC(=O)CC(C)C(=O)O. The van der Waals surface area contributed by atoms with Gasteiger partial charge in [0.2, 0.25) is 0 Å². The lowest BCUT2D eigenvalue weighted by atomic mass is 10.1. The van der Waals surface area contributed by atoms with Crippen LogP contribution in [0.4, 0.5) is 0 Å². The summed E-state index contributed by atoms with van der Waals surface area (Å²) in [6, 6.07) is 0. The minimum Gasteiger partial charge on any atom is -0.481 e. The van der Waals surface area contributed by atoms with Gasteiger partial charge in [0.15, 0.2) is 0 Å². The van der Waals surface area contributed by atoms with Gasteiger partial charge >= 0.3 is 11.9 Å². The molecule has 0 radical (unpaired) electrons. The Labute approximate surface area is 77.9 Å². The predicted octanol–water partition coefficient (Wildman–Crippen LogP) is 1.30. The standard InChI is InChI=1S/C9H16O4/c1-6(2)5-13-8(10)4-7(3)9(11)12/h6-7H,4-5H2,1-3H3,(H,11,12). The van der Waals surface area contributed by atoms with E-state index in [1.54, 1.807) is 0 Å². The molecular formula is C9H16O4. The molecule has 1 N–H and O–H groups in total. The highest BCUT2D eigenvalue weighted by atomic mass is 16.5. The van der Waals surface area contributed by atoms with E-state index < -0.39 is 17.9 Å². The first kappa shape index (κ1) is 11.9. The van der Waals surface area contributed by atoms with Gasteiger partial charge in [0, 0.05) is 0 Å². The highest BCUT2D eigenvalue weighted by Crippen LogP contribution is 2.04. The van der Waals surface area contributed by atoms with Crippen molar-refractivity contribution in [2.24, 2.45) is 11.8 Å². The monoisotopic (exact) mass is 188 g/mol. The normalized spacial score (nSPS) is 12.6. The number of esters is 1. The van der Waals surface area contributed by atoms with Crippen molar-refractivity contribution in [1.29, 1.82) is 0 Å². The van der Waals surface area contributed by atoms with E-state index in [0.29, 0.717) is 6.61 Å². The third-order valence-corrected chi connectivity index (χ3v) is 1.47. The van der Waals surface area contributed by atoms with Gasteiger partial charge in [0.05, 0.1) is 18.9 Å². The first-order chi connectivity index (χ1) is 5.93. The number of hydrogen-bond acceptors (Lipinski definition) is 3. The molecule has 76 valence electrons. The molecule has 0 aromatic heterocycles. The van der Waals surface area contributed by atoms with Crippen molar-refractivity contribution in [3.8, 4) is 0 Å². The third kappa shape index (κ3) is 6.13. The molecule has 0 saturated carbocycles. The van der Waals surface area contributed by atoms with Gasteiger partial charge in [-0.1, -0.05) is 20.8 Å². The summed E-state index contributed by atoms with van der Waals surface area (Å²) in [5, 5.41) is 8.50. The molecule has 0 aliphatic rings. The molecule has 0 amide bonds. The second-order valence-corrected chi connectivity index (χ2v) is 3.52. The lowest BCUT2D eigenvalue weighted by Gasteiger charge is -2.08. The molecule has 13 heavy (non-hydrogen) atoms. The zero-order valence-corrected chi connectivity index (χ0v) is 8.24. The molecule has 4 heteroatoms. The molecule has 0 aromatic rings. The number of carbonyl (C=O) groups excluding carboxylic acids is 1. The lowest BCUT2D eigenvalue weighted by molar-refractivity contribution is -0.151. The van der Waals surface area contributed by atoms with E-state index in [2.05, 4.69) is 0 Å². The van der Waals surface area contributed by atoms with Crippen molar-refractivity contribution >= 4 is 11.9 Å². The summed E-state index contributed by atoms with van der Waals surface area (Å²) in [5.41, 5.74) is 0. The number of carboxylic acids is 1. The van der Waals surface area contributed by atoms with E-state index in [4.69, 9.17) is 9.84 Å². The van der Waals surface area contributed by atoms with Gasteiger partial charge in [-0.3, -0.25) is 9.59 Å². The van der Waals surface area contributed by atoms with E-state index in [-0.39, 0.29) is 12.3 Å². The van der Waals surface area contributed by atoms with Gasteiger partial charge in [-0.15, -0.1) is 0 Å². The molecule has 0 rings (SSSR count). The maximum Gasteiger partial charge on any atom is 0.306 e. The Kier molecular flexibility index (Phi) is 5.11. The highest BCUT2D eigenvalue weighted by Gasteiger charge is 2.16. The summed E-state index contributed by atoms with van der Waals surface area (Å²) < 4.78 is 4.82. The molecule has 1 atom stereocenters. The first-order valence-electron chi connectivity index (χ1n) is 4.32. The maximum absolute atomic E-state index is 11.0. The van der Waals surface area contributed by atoms with Gasteiger partial charge in [0.25, 0.3) is 0 Å². The van der Waals surface area contributed by atoms with Crippen LogP contribution in [0.5, 0.6) is 0 Å². The Morgan fingerprint density at radius 3 is 2.23 bits per heavy atom. The Bertz CT molecular complexity index is 186. The average molecular weight is 188 g/mol. The fraction of sp³-hybridized carbons (Fsp3) is 0.778. The van der Waals surface area contributed by atoms with Crippen LogP contribution in [0.15, 0.2) is 0 Å². The van der Waals surface area contributed by atoms with Crippen LogP contribution in [0.25, 0.3) is 0 Å². The second kappa shape index (κ2) is 5.56. The fourth-order valence-corrected chi connectivity index (χ4v) is 0.656. The van der Waals surface area contributed by atoms with Crippen molar-refractivity contribution in [2.75, 3.05) is 6.61 Å². The molecule has 0 spiro atoms. The smallest absolute Gasteiger partial charge is 0.306 e. The fourth-order valence-electron chi connectivity index (χ4n) is 0.656. The first-order valence-corrected chi connectivity index (χ1v) is 4.32.